The average Bonchev–Trinajstić information content (AvgIpc) is 3.16. The molecule has 1 aromatic carbocycles. The van der Waals surface area contributed by atoms with Crippen molar-refractivity contribution in [1.82, 2.24) is 29.8 Å². The highest BCUT2D eigenvalue weighted by Crippen LogP contribution is 2.31. The quantitative estimate of drug-likeness (QED) is 0.504. The first kappa shape index (κ1) is 18.9. The maximum atomic E-state index is 4.89. The van der Waals surface area contributed by atoms with Gasteiger partial charge in [-0.2, -0.15) is 9.61 Å². The van der Waals surface area contributed by atoms with Gasteiger partial charge >= 0.3 is 0 Å². The van der Waals surface area contributed by atoms with Crippen molar-refractivity contribution in [3.63, 3.8) is 0 Å². The molecule has 3 aromatic heterocycles. The Labute approximate surface area is 176 Å². The van der Waals surface area contributed by atoms with Crippen molar-refractivity contribution < 1.29 is 0 Å². The van der Waals surface area contributed by atoms with Crippen LogP contribution in [-0.4, -0.2) is 42.9 Å². The van der Waals surface area contributed by atoms with Crippen molar-refractivity contribution in [2.45, 2.75) is 51.9 Å². The van der Waals surface area contributed by atoms with Crippen LogP contribution < -0.4 is 4.90 Å². The number of hydrogen-bond donors (Lipinski definition) is 0. The Morgan fingerprint density at radius 1 is 0.900 bits per heavy atom. The first-order valence-electron chi connectivity index (χ1n) is 10.6. The summed E-state index contributed by atoms with van der Waals surface area (Å²) in [6.45, 7) is 10.4. The van der Waals surface area contributed by atoms with Gasteiger partial charge in [0, 0.05) is 24.4 Å². The molecular formula is C23H27N7. The highest BCUT2D eigenvalue weighted by Gasteiger charge is 2.27. The normalized spacial score (nSPS) is 15.9. The average molecular weight is 402 g/mol. The Bertz CT molecular complexity index is 1210. The van der Waals surface area contributed by atoms with Crippen LogP contribution in [0, 0.1) is 6.92 Å². The Morgan fingerprint density at radius 2 is 1.60 bits per heavy atom. The van der Waals surface area contributed by atoms with Gasteiger partial charge in [-0.15, -0.1) is 10.2 Å². The number of hydrogen-bond acceptors (Lipinski definition) is 6. The molecule has 4 heterocycles. The van der Waals surface area contributed by atoms with E-state index >= 15 is 0 Å². The van der Waals surface area contributed by atoms with Crippen molar-refractivity contribution >= 4 is 22.5 Å². The van der Waals surface area contributed by atoms with Crippen molar-refractivity contribution in [3.05, 3.63) is 53.6 Å². The molecule has 0 radical (unpaired) electrons. The first-order valence-corrected chi connectivity index (χ1v) is 10.6. The summed E-state index contributed by atoms with van der Waals surface area (Å²) in [6, 6.07) is 12.1. The van der Waals surface area contributed by atoms with E-state index in [-0.39, 0.29) is 5.41 Å². The predicted molar refractivity (Wildman–Crippen MR) is 118 cm³/mol. The highest BCUT2D eigenvalue weighted by molar-refractivity contribution is 5.76. The zero-order valence-corrected chi connectivity index (χ0v) is 18.0. The summed E-state index contributed by atoms with van der Waals surface area (Å²) >= 11 is 0. The fourth-order valence-electron chi connectivity index (χ4n) is 4.19. The molecule has 4 aromatic rings. The van der Waals surface area contributed by atoms with Gasteiger partial charge in [0.05, 0.1) is 22.4 Å². The molecule has 0 aliphatic carbocycles. The summed E-state index contributed by atoms with van der Waals surface area (Å²) < 4.78 is 1.95. The van der Waals surface area contributed by atoms with Crippen LogP contribution in [0.25, 0.3) is 16.7 Å². The van der Waals surface area contributed by atoms with E-state index in [1.54, 1.807) is 0 Å². The molecule has 1 aliphatic rings. The molecule has 0 amide bonds. The monoisotopic (exact) mass is 401 g/mol. The molecule has 1 fully saturated rings. The largest absolute Gasteiger partial charge is 0.355 e. The van der Waals surface area contributed by atoms with E-state index in [2.05, 4.69) is 41.9 Å². The van der Waals surface area contributed by atoms with E-state index in [1.807, 2.05) is 41.8 Å². The second kappa shape index (κ2) is 7.00. The Balaban J connectivity index is 1.39. The maximum Gasteiger partial charge on any atom is 0.177 e. The summed E-state index contributed by atoms with van der Waals surface area (Å²) in [5, 5.41) is 13.7. The van der Waals surface area contributed by atoms with Crippen LogP contribution in [0.4, 0.5) is 5.82 Å². The fourth-order valence-corrected chi connectivity index (χ4v) is 4.19. The Kier molecular flexibility index (Phi) is 4.41. The van der Waals surface area contributed by atoms with E-state index in [0.717, 1.165) is 65.6 Å². The van der Waals surface area contributed by atoms with Crippen molar-refractivity contribution in [2.24, 2.45) is 0 Å². The van der Waals surface area contributed by atoms with Crippen LogP contribution in [0.5, 0.6) is 0 Å². The van der Waals surface area contributed by atoms with Gasteiger partial charge in [-0.1, -0.05) is 32.9 Å². The molecule has 154 valence electrons. The number of anilines is 1. The van der Waals surface area contributed by atoms with Crippen molar-refractivity contribution in [1.29, 1.82) is 0 Å². The molecule has 30 heavy (non-hydrogen) atoms. The minimum Gasteiger partial charge on any atom is -0.355 e. The number of para-hydroxylation sites is 2. The Morgan fingerprint density at radius 3 is 2.30 bits per heavy atom. The zero-order valence-electron chi connectivity index (χ0n) is 18.0. The third kappa shape index (κ3) is 3.28. The molecule has 0 atom stereocenters. The van der Waals surface area contributed by atoms with Crippen LogP contribution in [0.2, 0.25) is 0 Å². The van der Waals surface area contributed by atoms with Crippen LogP contribution in [0.1, 0.15) is 56.7 Å². The number of piperidine rings is 1. The van der Waals surface area contributed by atoms with Gasteiger partial charge in [-0.3, -0.25) is 0 Å². The van der Waals surface area contributed by atoms with Gasteiger partial charge in [0.15, 0.2) is 17.3 Å². The zero-order chi connectivity index (χ0) is 20.9. The molecule has 0 saturated carbocycles. The lowest BCUT2D eigenvalue weighted by molar-refractivity contribution is 0.470. The van der Waals surface area contributed by atoms with Gasteiger partial charge in [-0.25, -0.2) is 9.97 Å². The van der Waals surface area contributed by atoms with E-state index < -0.39 is 0 Å². The predicted octanol–water partition coefficient (Wildman–Crippen LogP) is 4.06. The third-order valence-electron chi connectivity index (χ3n) is 5.93. The van der Waals surface area contributed by atoms with Gasteiger partial charge in [0.25, 0.3) is 0 Å². The lowest BCUT2D eigenvalue weighted by Gasteiger charge is -2.32. The summed E-state index contributed by atoms with van der Waals surface area (Å²) in [7, 11) is 0. The molecule has 1 saturated heterocycles. The molecule has 0 unspecified atom stereocenters. The van der Waals surface area contributed by atoms with E-state index in [0.29, 0.717) is 5.92 Å². The number of fused-ring (bicyclic) bond motifs is 2. The summed E-state index contributed by atoms with van der Waals surface area (Å²) in [5.74, 6) is 2.30. The number of rotatable bonds is 2. The molecule has 5 rings (SSSR count). The number of benzene rings is 1. The standard InChI is InChI=1S/C23H27N7/c1-15-21(25-18-8-6-5-7-17(18)24-15)29-13-11-16(12-14-29)22-27-26-20-10-9-19(23(2,3)4)28-30(20)22/h5-10,16H,11-14H2,1-4H3. The number of aromatic nitrogens is 6. The highest BCUT2D eigenvalue weighted by atomic mass is 15.4. The first-order chi connectivity index (χ1) is 14.4. The third-order valence-corrected chi connectivity index (χ3v) is 5.93. The van der Waals surface area contributed by atoms with Crippen LogP contribution in [0.3, 0.4) is 0 Å². The lowest BCUT2D eigenvalue weighted by atomic mass is 9.92. The molecule has 7 heteroatoms. The minimum atomic E-state index is -0.00856. The van der Waals surface area contributed by atoms with E-state index in [4.69, 9.17) is 15.1 Å². The van der Waals surface area contributed by atoms with Crippen LogP contribution >= 0.6 is 0 Å². The summed E-state index contributed by atoms with van der Waals surface area (Å²) in [6.07, 6.45) is 1.99. The second-order valence-electron chi connectivity index (χ2n) is 9.18. The number of nitrogens with zero attached hydrogens (tertiary/aromatic N) is 7. The maximum absolute atomic E-state index is 4.89. The summed E-state index contributed by atoms with van der Waals surface area (Å²) in [4.78, 5) is 12.0. The molecule has 0 bridgehead atoms. The van der Waals surface area contributed by atoms with E-state index in [9.17, 15) is 0 Å². The van der Waals surface area contributed by atoms with E-state index in [1.165, 1.54) is 0 Å². The van der Waals surface area contributed by atoms with Gasteiger partial charge in [-0.05, 0) is 44.0 Å². The summed E-state index contributed by atoms with van der Waals surface area (Å²) in [5.41, 5.74) is 4.74. The smallest absolute Gasteiger partial charge is 0.177 e. The van der Waals surface area contributed by atoms with Crippen LogP contribution in [-0.2, 0) is 5.41 Å². The van der Waals surface area contributed by atoms with Crippen molar-refractivity contribution in [3.8, 4) is 0 Å². The minimum absolute atomic E-state index is 0.00856. The van der Waals surface area contributed by atoms with Gasteiger partial charge in [0.1, 0.15) is 0 Å². The second-order valence-corrected chi connectivity index (χ2v) is 9.18. The van der Waals surface area contributed by atoms with Gasteiger partial charge in [0.2, 0.25) is 0 Å². The SMILES string of the molecule is Cc1nc2ccccc2nc1N1CCC(c2nnc3ccc(C(C)(C)C)nn23)CC1. The van der Waals surface area contributed by atoms with Gasteiger partial charge < -0.3 is 4.90 Å². The molecule has 0 spiro atoms. The molecular weight excluding hydrogens is 374 g/mol. The topological polar surface area (TPSA) is 72.1 Å². The lowest BCUT2D eigenvalue weighted by Crippen LogP contribution is -2.34. The van der Waals surface area contributed by atoms with Crippen LogP contribution in [0.15, 0.2) is 36.4 Å². The molecule has 7 nitrogen and oxygen atoms in total. The van der Waals surface area contributed by atoms with Crippen molar-refractivity contribution in [2.75, 3.05) is 18.0 Å². The Hall–Kier alpha value is -3.09. The fraction of sp³-hybridized carbons (Fsp3) is 0.435. The molecule has 1 aliphatic heterocycles. The molecule has 0 N–H and O–H groups in total. The number of aryl methyl sites for hydroxylation is 1.